The molecule has 0 saturated carbocycles. The second-order valence-electron chi connectivity index (χ2n) is 6.85. The molecule has 0 amide bonds. The predicted molar refractivity (Wildman–Crippen MR) is 123 cm³/mol. The van der Waals surface area contributed by atoms with Gasteiger partial charge in [-0.15, -0.1) is 12.4 Å². The van der Waals surface area contributed by atoms with Crippen molar-refractivity contribution in [3.63, 3.8) is 0 Å². The number of fused-ring (bicyclic) bond motifs is 1. The highest BCUT2D eigenvalue weighted by Gasteiger charge is 2.06. The number of nitrogens with one attached hydrogen (secondary N) is 1. The zero-order valence-electron chi connectivity index (χ0n) is 16.0. The fraction of sp³-hybridized carbons (Fsp3) is 0.0800. The molecule has 1 N–H and O–H groups in total. The molecule has 0 radical (unpaired) electrons. The highest BCUT2D eigenvalue weighted by molar-refractivity contribution is 6.11. The minimum atomic E-state index is 0. The van der Waals surface area contributed by atoms with Gasteiger partial charge < -0.3 is 5.32 Å². The second kappa shape index (κ2) is 8.73. The van der Waals surface area contributed by atoms with Crippen molar-refractivity contribution < 1.29 is 0 Å². The summed E-state index contributed by atoms with van der Waals surface area (Å²) >= 11 is 0. The van der Waals surface area contributed by atoms with Gasteiger partial charge in [-0.1, -0.05) is 71.8 Å². The van der Waals surface area contributed by atoms with Crippen LogP contribution >= 0.6 is 12.4 Å². The van der Waals surface area contributed by atoms with E-state index in [1.165, 1.54) is 21.9 Å². The minimum Gasteiger partial charge on any atom is -0.340 e. The first-order chi connectivity index (χ1) is 13.2. The van der Waals surface area contributed by atoms with Crippen LogP contribution in [0.5, 0.6) is 0 Å². The lowest BCUT2D eigenvalue weighted by molar-refractivity contribution is 1.41. The number of halogens is 1. The first-order valence-corrected chi connectivity index (χ1v) is 9.16. The molecular formula is C25H23ClN2. The van der Waals surface area contributed by atoms with Gasteiger partial charge in [0.1, 0.15) is 5.84 Å². The van der Waals surface area contributed by atoms with E-state index in [9.17, 15) is 0 Å². The van der Waals surface area contributed by atoms with Gasteiger partial charge in [0.25, 0.3) is 0 Å². The summed E-state index contributed by atoms with van der Waals surface area (Å²) in [4.78, 5) is 4.90. The van der Waals surface area contributed by atoms with Gasteiger partial charge in [-0.2, -0.15) is 0 Å². The van der Waals surface area contributed by atoms with E-state index in [2.05, 4.69) is 98.0 Å². The van der Waals surface area contributed by atoms with Crippen LogP contribution < -0.4 is 5.32 Å². The minimum absolute atomic E-state index is 0. The Kier molecular flexibility index (Phi) is 6.13. The molecule has 140 valence electrons. The highest BCUT2D eigenvalue weighted by Crippen LogP contribution is 2.21. The van der Waals surface area contributed by atoms with Gasteiger partial charge in [0.05, 0.1) is 5.69 Å². The highest BCUT2D eigenvalue weighted by atomic mass is 35.5. The van der Waals surface area contributed by atoms with Crippen LogP contribution in [0.1, 0.15) is 16.7 Å². The molecule has 0 aliphatic carbocycles. The van der Waals surface area contributed by atoms with Crippen LogP contribution in [0.4, 0.5) is 11.4 Å². The molecule has 0 heterocycles. The summed E-state index contributed by atoms with van der Waals surface area (Å²) in [5.74, 6) is 0.841. The van der Waals surface area contributed by atoms with Gasteiger partial charge in [0, 0.05) is 11.3 Å². The topological polar surface area (TPSA) is 24.4 Å². The predicted octanol–water partition coefficient (Wildman–Crippen LogP) is 7.07. The van der Waals surface area contributed by atoms with Crippen LogP contribution in [-0.4, -0.2) is 5.84 Å². The van der Waals surface area contributed by atoms with Gasteiger partial charge in [-0.05, 0) is 55.0 Å². The van der Waals surface area contributed by atoms with Crippen molar-refractivity contribution in [3.05, 3.63) is 108 Å². The molecular weight excluding hydrogens is 364 g/mol. The van der Waals surface area contributed by atoms with E-state index >= 15 is 0 Å². The fourth-order valence-electron chi connectivity index (χ4n) is 3.02. The number of hydrogen-bond donors (Lipinski definition) is 1. The Morgan fingerprint density at radius 3 is 1.96 bits per heavy atom. The number of hydrogen-bond acceptors (Lipinski definition) is 1. The maximum absolute atomic E-state index is 4.90. The van der Waals surface area contributed by atoms with Crippen molar-refractivity contribution in [2.75, 3.05) is 5.32 Å². The molecule has 4 aromatic rings. The van der Waals surface area contributed by atoms with E-state index in [0.717, 1.165) is 22.8 Å². The van der Waals surface area contributed by atoms with E-state index in [1.807, 2.05) is 12.1 Å². The van der Waals surface area contributed by atoms with Crippen LogP contribution in [0, 0.1) is 13.8 Å². The number of aryl methyl sites for hydroxylation is 2. The van der Waals surface area contributed by atoms with Crippen LogP contribution in [0.25, 0.3) is 10.8 Å². The summed E-state index contributed by atoms with van der Waals surface area (Å²) in [5.41, 5.74) is 5.49. The summed E-state index contributed by atoms with van der Waals surface area (Å²) < 4.78 is 0. The maximum atomic E-state index is 4.90. The van der Waals surface area contributed by atoms with E-state index in [1.54, 1.807) is 0 Å². The average Bonchev–Trinajstić information content (AvgIpc) is 2.70. The second-order valence-corrected chi connectivity index (χ2v) is 6.85. The third kappa shape index (κ3) is 4.59. The number of aliphatic imine (C=N–C) groups is 1. The molecule has 4 rings (SSSR count). The van der Waals surface area contributed by atoms with E-state index in [0.29, 0.717) is 0 Å². The Bertz CT molecular complexity index is 1100. The first-order valence-electron chi connectivity index (χ1n) is 9.16. The van der Waals surface area contributed by atoms with Crippen molar-refractivity contribution in [3.8, 4) is 0 Å². The molecule has 3 heteroatoms. The number of amidine groups is 1. The quantitative estimate of drug-likeness (QED) is 0.295. The molecule has 0 spiro atoms. The molecule has 4 aromatic carbocycles. The van der Waals surface area contributed by atoms with E-state index in [-0.39, 0.29) is 12.4 Å². The molecule has 0 unspecified atom stereocenters. The Morgan fingerprint density at radius 2 is 1.29 bits per heavy atom. The van der Waals surface area contributed by atoms with Gasteiger partial charge in [-0.3, -0.25) is 0 Å². The average molecular weight is 387 g/mol. The Morgan fingerprint density at radius 1 is 0.679 bits per heavy atom. The largest absolute Gasteiger partial charge is 0.340 e. The Hall–Kier alpha value is -3.10. The summed E-state index contributed by atoms with van der Waals surface area (Å²) in [6.45, 7) is 4.18. The van der Waals surface area contributed by atoms with Gasteiger partial charge in [0.15, 0.2) is 0 Å². The molecule has 0 aliphatic heterocycles. The molecule has 2 nitrogen and oxygen atoms in total. The van der Waals surface area contributed by atoms with E-state index in [4.69, 9.17) is 4.99 Å². The van der Waals surface area contributed by atoms with Gasteiger partial charge >= 0.3 is 0 Å². The number of rotatable bonds is 3. The Labute approximate surface area is 172 Å². The number of nitrogens with zero attached hydrogens (tertiary/aromatic N) is 1. The maximum Gasteiger partial charge on any atom is 0.138 e. The van der Waals surface area contributed by atoms with Crippen LogP contribution in [0.2, 0.25) is 0 Å². The smallest absolute Gasteiger partial charge is 0.138 e. The monoisotopic (exact) mass is 386 g/mol. The third-order valence-electron chi connectivity index (χ3n) is 4.61. The molecule has 0 saturated heterocycles. The fourth-order valence-corrected chi connectivity index (χ4v) is 3.02. The van der Waals surface area contributed by atoms with Crippen molar-refractivity contribution in [1.82, 2.24) is 0 Å². The lowest BCUT2D eigenvalue weighted by Crippen LogP contribution is -2.13. The molecule has 0 fully saturated rings. The summed E-state index contributed by atoms with van der Waals surface area (Å²) in [5, 5.41) is 5.93. The molecule has 0 atom stereocenters. The number of benzene rings is 4. The van der Waals surface area contributed by atoms with Gasteiger partial charge in [0.2, 0.25) is 0 Å². The van der Waals surface area contributed by atoms with Crippen molar-refractivity contribution >= 4 is 40.4 Å². The summed E-state index contributed by atoms with van der Waals surface area (Å²) in [7, 11) is 0. The van der Waals surface area contributed by atoms with E-state index < -0.39 is 0 Å². The van der Waals surface area contributed by atoms with Crippen LogP contribution in [0.3, 0.4) is 0 Å². The molecule has 28 heavy (non-hydrogen) atoms. The third-order valence-corrected chi connectivity index (χ3v) is 4.61. The molecule has 0 bridgehead atoms. The zero-order chi connectivity index (χ0) is 18.6. The molecule has 0 aromatic heterocycles. The van der Waals surface area contributed by atoms with Crippen LogP contribution in [-0.2, 0) is 0 Å². The van der Waals surface area contributed by atoms with Crippen LogP contribution in [0.15, 0.2) is 96.0 Å². The van der Waals surface area contributed by atoms with Crippen molar-refractivity contribution in [2.45, 2.75) is 13.8 Å². The zero-order valence-corrected chi connectivity index (χ0v) is 16.8. The first kappa shape index (κ1) is 19.7. The normalized spacial score (nSPS) is 11.1. The standard InChI is InChI=1S/C25H22N2.ClH/c1-18-7-13-23(14-8-18)26-25(27-24-15-9-19(2)10-16-24)22-12-11-20-5-3-4-6-21(20)17-22;/h3-17H,1-2H3,(H,26,27);1H. The molecule has 0 aliphatic rings. The Balaban J connectivity index is 0.00000225. The lowest BCUT2D eigenvalue weighted by Gasteiger charge is -2.12. The SMILES string of the molecule is Cc1ccc(N=C(Nc2ccc(C)cc2)c2ccc3ccccc3c2)cc1.Cl. The van der Waals surface area contributed by atoms with Gasteiger partial charge in [-0.25, -0.2) is 4.99 Å². The summed E-state index contributed by atoms with van der Waals surface area (Å²) in [6, 6.07) is 31.5. The number of anilines is 1. The lowest BCUT2D eigenvalue weighted by atomic mass is 10.1. The van der Waals surface area contributed by atoms with Crippen molar-refractivity contribution in [1.29, 1.82) is 0 Å². The van der Waals surface area contributed by atoms with Crippen molar-refractivity contribution in [2.24, 2.45) is 4.99 Å². The summed E-state index contributed by atoms with van der Waals surface area (Å²) in [6.07, 6.45) is 0.